The van der Waals surface area contributed by atoms with E-state index in [9.17, 15) is 9.90 Å². The number of likely N-dealkylation sites (N-methyl/N-ethyl adjacent to an activating group) is 1. The summed E-state index contributed by atoms with van der Waals surface area (Å²) in [7, 11) is 3.62. The van der Waals surface area contributed by atoms with Gasteiger partial charge in [0, 0.05) is 14.1 Å². The molecule has 1 aromatic rings. The molecule has 0 aliphatic carbocycles. The van der Waals surface area contributed by atoms with E-state index in [1.54, 1.807) is 17.0 Å². The molecule has 1 unspecified atom stereocenters. The van der Waals surface area contributed by atoms with Gasteiger partial charge in [0.1, 0.15) is 5.75 Å². The smallest absolute Gasteiger partial charge is 0.239 e. The van der Waals surface area contributed by atoms with Gasteiger partial charge in [0.25, 0.3) is 0 Å². The van der Waals surface area contributed by atoms with Crippen LogP contribution in [-0.4, -0.2) is 54.0 Å². The van der Waals surface area contributed by atoms with E-state index >= 15 is 0 Å². The Bertz CT molecular complexity index is 448. The zero-order chi connectivity index (χ0) is 14.7. The standard InChI is InChI=1S/C16H24N2O2/c1-12(16(20)17(2)3)18-10-8-14(9-11-18)13-4-6-15(19)7-5-13/h4-7,12,14,19H,8-11H2,1-3H3. The van der Waals surface area contributed by atoms with Crippen LogP contribution < -0.4 is 0 Å². The Morgan fingerprint density at radius 3 is 2.30 bits per heavy atom. The summed E-state index contributed by atoms with van der Waals surface area (Å²) in [6.07, 6.45) is 2.13. The molecule has 1 fully saturated rings. The number of carbonyl (C=O) groups is 1. The number of phenolic OH excluding ortho intramolecular Hbond substituents is 1. The first-order valence-corrected chi connectivity index (χ1v) is 7.23. The van der Waals surface area contributed by atoms with Crippen molar-refractivity contribution >= 4 is 5.91 Å². The maximum atomic E-state index is 12.0. The highest BCUT2D eigenvalue weighted by molar-refractivity contribution is 5.80. The van der Waals surface area contributed by atoms with E-state index in [4.69, 9.17) is 0 Å². The molecule has 4 nitrogen and oxygen atoms in total. The van der Waals surface area contributed by atoms with Crippen molar-refractivity contribution in [3.05, 3.63) is 29.8 Å². The zero-order valence-corrected chi connectivity index (χ0v) is 12.5. The second-order valence-electron chi connectivity index (χ2n) is 5.81. The normalized spacial score (nSPS) is 18.8. The molecular weight excluding hydrogens is 252 g/mol. The number of likely N-dealkylation sites (tertiary alicyclic amines) is 1. The minimum Gasteiger partial charge on any atom is -0.508 e. The maximum absolute atomic E-state index is 12.0. The van der Waals surface area contributed by atoms with E-state index in [1.807, 2.05) is 33.2 Å². The highest BCUT2D eigenvalue weighted by Gasteiger charge is 2.27. The summed E-state index contributed by atoms with van der Waals surface area (Å²) in [5, 5.41) is 9.33. The van der Waals surface area contributed by atoms with Crippen molar-refractivity contribution in [3.8, 4) is 5.75 Å². The molecule has 1 aliphatic heterocycles. The number of piperidine rings is 1. The molecule has 0 bridgehead atoms. The quantitative estimate of drug-likeness (QED) is 0.919. The van der Waals surface area contributed by atoms with E-state index in [0.29, 0.717) is 11.7 Å². The molecule has 0 saturated carbocycles. The summed E-state index contributed by atoms with van der Waals surface area (Å²) in [4.78, 5) is 15.9. The molecule has 1 aliphatic rings. The average molecular weight is 276 g/mol. The topological polar surface area (TPSA) is 43.8 Å². The van der Waals surface area contributed by atoms with Crippen LogP contribution in [0.4, 0.5) is 0 Å². The van der Waals surface area contributed by atoms with Crippen LogP contribution in [0.1, 0.15) is 31.2 Å². The Balaban J connectivity index is 1.92. The van der Waals surface area contributed by atoms with Gasteiger partial charge in [-0.15, -0.1) is 0 Å². The number of benzene rings is 1. The van der Waals surface area contributed by atoms with Gasteiger partial charge in [-0.2, -0.15) is 0 Å². The van der Waals surface area contributed by atoms with Crippen molar-refractivity contribution in [1.29, 1.82) is 0 Å². The number of amides is 1. The molecule has 2 rings (SSSR count). The largest absolute Gasteiger partial charge is 0.508 e. The lowest BCUT2D eigenvalue weighted by atomic mass is 9.89. The molecule has 1 aromatic carbocycles. The molecule has 1 atom stereocenters. The van der Waals surface area contributed by atoms with Crippen molar-refractivity contribution in [2.24, 2.45) is 0 Å². The molecule has 1 saturated heterocycles. The van der Waals surface area contributed by atoms with E-state index in [0.717, 1.165) is 25.9 Å². The van der Waals surface area contributed by atoms with E-state index in [1.165, 1.54) is 5.56 Å². The number of nitrogens with zero attached hydrogens (tertiary/aromatic N) is 2. The summed E-state index contributed by atoms with van der Waals surface area (Å²) in [5.41, 5.74) is 1.29. The molecule has 1 N–H and O–H groups in total. The van der Waals surface area contributed by atoms with Crippen LogP contribution in [0.5, 0.6) is 5.75 Å². The molecular formula is C16H24N2O2. The second-order valence-corrected chi connectivity index (χ2v) is 5.81. The molecule has 0 aromatic heterocycles. The number of aromatic hydroxyl groups is 1. The summed E-state index contributed by atoms with van der Waals surface area (Å²) in [6.45, 7) is 3.89. The third kappa shape index (κ3) is 3.31. The van der Waals surface area contributed by atoms with Crippen molar-refractivity contribution in [2.75, 3.05) is 27.2 Å². The van der Waals surface area contributed by atoms with Crippen molar-refractivity contribution in [2.45, 2.75) is 31.7 Å². The van der Waals surface area contributed by atoms with Gasteiger partial charge in [-0.3, -0.25) is 9.69 Å². The van der Waals surface area contributed by atoms with Gasteiger partial charge in [-0.1, -0.05) is 12.1 Å². The lowest BCUT2D eigenvalue weighted by Crippen LogP contribution is -2.47. The van der Waals surface area contributed by atoms with Crippen molar-refractivity contribution < 1.29 is 9.90 Å². The average Bonchev–Trinajstić information content (AvgIpc) is 2.46. The maximum Gasteiger partial charge on any atom is 0.239 e. The van der Waals surface area contributed by atoms with Crippen LogP contribution in [0.15, 0.2) is 24.3 Å². The van der Waals surface area contributed by atoms with Crippen molar-refractivity contribution in [1.82, 2.24) is 9.80 Å². The highest BCUT2D eigenvalue weighted by Crippen LogP contribution is 2.29. The fraction of sp³-hybridized carbons (Fsp3) is 0.562. The number of hydrogen-bond donors (Lipinski definition) is 1. The van der Waals surface area contributed by atoms with Gasteiger partial charge in [-0.25, -0.2) is 0 Å². The van der Waals surface area contributed by atoms with E-state index < -0.39 is 0 Å². The first kappa shape index (κ1) is 14.9. The van der Waals surface area contributed by atoms with E-state index in [-0.39, 0.29) is 11.9 Å². The summed E-state index contributed by atoms with van der Waals surface area (Å²) < 4.78 is 0. The molecule has 0 radical (unpaired) electrons. The monoisotopic (exact) mass is 276 g/mol. The first-order valence-electron chi connectivity index (χ1n) is 7.23. The Labute approximate surface area is 121 Å². The number of carbonyl (C=O) groups excluding carboxylic acids is 1. The Kier molecular flexibility index (Phi) is 4.65. The van der Waals surface area contributed by atoms with Gasteiger partial charge in [0.2, 0.25) is 5.91 Å². The lowest BCUT2D eigenvalue weighted by Gasteiger charge is -2.36. The first-order chi connectivity index (χ1) is 9.49. The minimum absolute atomic E-state index is 0.0363. The van der Waals surface area contributed by atoms with Gasteiger partial charge in [0.15, 0.2) is 0 Å². The molecule has 4 heteroatoms. The number of phenols is 1. The third-order valence-electron chi connectivity index (χ3n) is 4.24. The van der Waals surface area contributed by atoms with Gasteiger partial charge in [0.05, 0.1) is 6.04 Å². The van der Waals surface area contributed by atoms with Gasteiger partial charge < -0.3 is 10.0 Å². The summed E-state index contributed by atoms with van der Waals surface area (Å²) in [6, 6.07) is 7.47. The Morgan fingerprint density at radius 2 is 1.80 bits per heavy atom. The lowest BCUT2D eigenvalue weighted by molar-refractivity contribution is -0.134. The zero-order valence-electron chi connectivity index (χ0n) is 12.5. The van der Waals surface area contributed by atoms with Crippen LogP contribution in [-0.2, 0) is 4.79 Å². The number of rotatable bonds is 3. The van der Waals surface area contributed by atoms with Gasteiger partial charge in [-0.05, 0) is 56.5 Å². The minimum atomic E-state index is -0.0363. The Hall–Kier alpha value is -1.55. The van der Waals surface area contributed by atoms with Crippen molar-refractivity contribution in [3.63, 3.8) is 0 Å². The van der Waals surface area contributed by atoms with Crippen LogP contribution in [0.2, 0.25) is 0 Å². The van der Waals surface area contributed by atoms with E-state index in [2.05, 4.69) is 4.90 Å². The molecule has 0 spiro atoms. The molecule has 1 heterocycles. The summed E-state index contributed by atoms with van der Waals surface area (Å²) >= 11 is 0. The van der Waals surface area contributed by atoms with Crippen LogP contribution in [0, 0.1) is 0 Å². The molecule has 110 valence electrons. The fourth-order valence-corrected chi connectivity index (χ4v) is 2.90. The second kappa shape index (κ2) is 6.27. The van der Waals surface area contributed by atoms with Crippen LogP contribution in [0.25, 0.3) is 0 Å². The van der Waals surface area contributed by atoms with Crippen LogP contribution in [0.3, 0.4) is 0 Å². The fourth-order valence-electron chi connectivity index (χ4n) is 2.90. The summed E-state index contributed by atoms with van der Waals surface area (Å²) in [5.74, 6) is 1.03. The molecule has 20 heavy (non-hydrogen) atoms. The highest BCUT2D eigenvalue weighted by atomic mass is 16.3. The molecule has 1 amide bonds. The predicted octanol–water partition coefficient (Wildman–Crippen LogP) is 2.05. The van der Waals surface area contributed by atoms with Gasteiger partial charge >= 0.3 is 0 Å². The third-order valence-corrected chi connectivity index (χ3v) is 4.24. The predicted molar refractivity (Wildman–Crippen MR) is 79.8 cm³/mol. The Morgan fingerprint density at radius 1 is 1.25 bits per heavy atom. The van der Waals surface area contributed by atoms with Crippen LogP contribution >= 0.6 is 0 Å². The SMILES string of the molecule is CC(C(=O)N(C)C)N1CCC(c2ccc(O)cc2)CC1. The number of hydrogen-bond acceptors (Lipinski definition) is 3.